The van der Waals surface area contributed by atoms with Gasteiger partial charge < -0.3 is 4.74 Å². The number of fused-ring (bicyclic) bond motifs is 1. The molecule has 0 aliphatic heterocycles. The van der Waals surface area contributed by atoms with Crippen molar-refractivity contribution >= 4 is 16.7 Å². The van der Waals surface area contributed by atoms with Gasteiger partial charge in [0.05, 0.1) is 6.61 Å². The van der Waals surface area contributed by atoms with E-state index < -0.39 is 5.54 Å². The van der Waals surface area contributed by atoms with Crippen LogP contribution in [0.1, 0.15) is 33.3 Å². The van der Waals surface area contributed by atoms with Crippen molar-refractivity contribution in [3.8, 4) is 0 Å². The number of carbonyl (C=O) groups is 1. The normalized spacial score (nSPS) is 14.1. The highest BCUT2D eigenvalue weighted by molar-refractivity contribution is 5.93. The van der Waals surface area contributed by atoms with Crippen LogP contribution in [0.4, 0.5) is 0 Å². The van der Waals surface area contributed by atoms with Gasteiger partial charge in [0.2, 0.25) is 0 Å². The molecule has 0 aromatic heterocycles. The average Bonchev–Trinajstić information content (AvgIpc) is 2.46. The smallest absolute Gasteiger partial charge is 0.330 e. The van der Waals surface area contributed by atoms with Gasteiger partial charge in [0, 0.05) is 6.04 Å². The molecule has 0 aliphatic carbocycles. The highest BCUT2D eigenvalue weighted by atomic mass is 16.5. The summed E-state index contributed by atoms with van der Waals surface area (Å²) in [7, 11) is 0. The second-order valence-corrected chi connectivity index (χ2v) is 5.67. The molecule has 3 heteroatoms. The van der Waals surface area contributed by atoms with Crippen LogP contribution in [0.15, 0.2) is 42.5 Å². The summed E-state index contributed by atoms with van der Waals surface area (Å²) in [5.41, 5.74) is 0.0955. The standard InChI is InChI=1S/C18H23NO2/c1-5-21-17(20)18(4,19-13(2)3)16-12-8-10-14-9-6-7-11-15(14)16/h6-13,19H,5H2,1-4H3. The number of ether oxygens (including phenoxy) is 1. The van der Waals surface area contributed by atoms with Gasteiger partial charge in [-0.1, -0.05) is 42.5 Å². The molecule has 2 aromatic carbocycles. The molecule has 0 spiro atoms. The van der Waals surface area contributed by atoms with Gasteiger partial charge in [-0.25, -0.2) is 4.79 Å². The highest BCUT2D eigenvalue weighted by Crippen LogP contribution is 2.30. The molecule has 1 unspecified atom stereocenters. The molecule has 0 heterocycles. The van der Waals surface area contributed by atoms with E-state index in [0.717, 1.165) is 16.3 Å². The van der Waals surface area contributed by atoms with E-state index in [-0.39, 0.29) is 12.0 Å². The Morgan fingerprint density at radius 2 is 1.86 bits per heavy atom. The number of hydrogen-bond donors (Lipinski definition) is 1. The fraction of sp³-hybridized carbons (Fsp3) is 0.389. The first-order chi connectivity index (χ1) is 9.99. The first kappa shape index (κ1) is 15.5. The fourth-order valence-corrected chi connectivity index (χ4v) is 2.76. The zero-order valence-electron chi connectivity index (χ0n) is 13.1. The quantitative estimate of drug-likeness (QED) is 0.853. The lowest BCUT2D eigenvalue weighted by molar-refractivity contribution is -0.151. The molecule has 1 N–H and O–H groups in total. The minimum absolute atomic E-state index is 0.165. The van der Waals surface area contributed by atoms with Gasteiger partial charge in [0.1, 0.15) is 5.54 Å². The van der Waals surface area contributed by atoms with Crippen LogP contribution in [0.2, 0.25) is 0 Å². The Balaban J connectivity index is 2.61. The Morgan fingerprint density at radius 3 is 2.52 bits per heavy atom. The molecule has 112 valence electrons. The topological polar surface area (TPSA) is 38.3 Å². The number of nitrogens with one attached hydrogen (secondary N) is 1. The molecule has 3 nitrogen and oxygen atoms in total. The summed E-state index contributed by atoms with van der Waals surface area (Å²) >= 11 is 0. The summed E-state index contributed by atoms with van der Waals surface area (Å²) in [6.07, 6.45) is 0. The van der Waals surface area contributed by atoms with Gasteiger partial charge in [-0.3, -0.25) is 5.32 Å². The van der Waals surface area contributed by atoms with Crippen LogP contribution >= 0.6 is 0 Å². The summed E-state index contributed by atoms with van der Waals surface area (Å²) in [6.45, 7) is 8.16. The molecule has 1 atom stereocenters. The van der Waals surface area contributed by atoms with E-state index >= 15 is 0 Å². The van der Waals surface area contributed by atoms with Gasteiger partial charge >= 0.3 is 5.97 Å². The zero-order valence-corrected chi connectivity index (χ0v) is 13.1. The Morgan fingerprint density at radius 1 is 1.19 bits per heavy atom. The lowest BCUT2D eigenvalue weighted by Gasteiger charge is -2.32. The molecule has 2 rings (SSSR count). The average molecular weight is 285 g/mol. The number of rotatable bonds is 5. The first-order valence-corrected chi connectivity index (χ1v) is 7.42. The van der Waals surface area contributed by atoms with Crippen LogP contribution in [0.5, 0.6) is 0 Å². The van der Waals surface area contributed by atoms with Crippen LogP contribution in [0.3, 0.4) is 0 Å². The SMILES string of the molecule is CCOC(=O)C(C)(NC(C)C)c1cccc2ccccc12. The Hall–Kier alpha value is -1.87. The van der Waals surface area contributed by atoms with Crippen LogP contribution in [0, 0.1) is 0 Å². The van der Waals surface area contributed by atoms with Gasteiger partial charge in [-0.2, -0.15) is 0 Å². The lowest BCUT2D eigenvalue weighted by Crippen LogP contribution is -2.50. The highest BCUT2D eigenvalue weighted by Gasteiger charge is 2.38. The minimum Gasteiger partial charge on any atom is -0.464 e. The lowest BCUT2D eigenvalue weighted by atomic mass is 9.87. The summed E-state index contributed by atoms with van der Waals surface area (Å²) < 4.78 is 5.31. The molecule has 0 fully saturated rings. The van der Waals surface area contributed by atoms with Crippen LogP contribution < -0.4 is 5.32 Å². The summed E-state index contributed by atoms with van der Waals surface area (Å²) in [5, 5.41) is 5.57. The van der Waals surface area contributed by atoms with Crippen molar-refractivity contribution < 1.29 is 9.53 Å². The van der Waals surface area contributed by atoms with E-state index in [2.05, 4.69) is 17.4 Å². The molecule has 0 bridgehead atoms. The first-order valence-electron chi connectivity index (χ1n) is 7.42. The van der Waals surface area contributed by atoms with Crippen molar-refractivity contribution in [2.75, 3.05) is 6.61 Å². The van der Waals surface area contributed by atoms with Crippen LogP contribution in [-0.4, -0.2) is 18.6 Å². The van der Waals surface area contributed by atoms with Crippen molar-refractivity contribution in [1.82, 2.24) is 5.32 Å². The van der Waals surface area contributed by atoms with Crippen molar-refractivity contribution in [3.05, 3.63) is 48.0 Å². The molecule has 0 radical (unpaired) electrons. The predicted octanol–water partition coefficient (Wildman–Crippen LogP) is 3.62. The van der Waals surface area contributed by atoms with Gasteiger partial charge in [0.15, 0.2) is 0 Å². The maximum atomic E-state index is 12.6. The summed E-state index contributed by atoms with van der Waals surface area (Å²) in [5.74, 6) is -0.241. The molecule has 0 saturated heterocycles. The van der Waals surface area contributed by atoms with Gasteiger partial charge in [-0.05, 0) is 44.0 Å². The maximum Gasteiger partial charge on any atom is 0.330 e. The predicted molar refractivity (Wildman–Crippen MR) is 86.2 cm³/mol. The monoisotopic (exact) mass is 285 g/mol. The molecule has 2 aromatic rings. The number of carbonyl (C=O) groups excluding carboxylic acids is 1. The zero-order chi connectivity index (χ0) is 15.5. The Labute approximate surface area is 126 Å². The maximum absolute atomic E-state index is 12.6. The van der Waals surface area contributed by atoms with Gasteiger partial charge in [0.25, 0.3) is 0 Å². The van der Waals surface area contributed by atoms with E-state index in [4.69, 9.17) is 4.74 Å². The fourth-order valence-electron chi connectivity index (χ4n) is 2.76. The Kier molecular flexibility index (Phi) is 4.63. The van der Waals surface area contributed by atoms with E-state index in [1.807, 2.05) is 58.0 Å². The molecule has 21 heavy (non-hydrogen) atoms. The number of esters is 1. The van der Waals surface area contributed by atoms with Crippen molar-refractivity contribution in [1.29, 1.82) is 0 Å². The second kappa shape index (κ2) is 6.27. The largest absolute Gasteiger partial charge is 0.464 e. The molecule has 0 saturated carbocycles. The number of benzene rings is 2. The van der Waals surface area contributed by atoms with E-state index in [1.165, 1.54) is 0 Å². The van der Waals surface area contributed by atoms with E-state index in [0.29, 0.717) is 6.61 Å². The molecular weight excluding hydrogens is 262 g/mol. The van der Waals surface area contributed by atoms with Crippen LogP contribution in [0.25, 0.3) is 10.8 Å². The van der Waals surface area contributed by atoms with E-state index in [1.54, 1.807) is 0 Å². The molecule has 0 aliphatic rings. The third kappa shape index (κ3) is 3.08. The van der Waals surface area contributed by atoms with Crippen molar-refractivity contribution in [2.24, 2.45) is 0 Å². The van der Waals surface area contributed by atoms with E-state index in [9.17, 15) is 4.79 Å². The Bertz CT molecular complexity index is 631. The summed E-state index contributed by atoms with van der Waals surface area (Å²) in [6, 6.07) is 14.3. The minimum atomic E-state index is -0.856. The second-order valence-electron chi connectivity index (χ2n) is 5.67. The van der Waals surface area contributed by atoms with Crippen LogP contribution in [-0.2, 0) is 15.1 Å². The molecular formula is C18H23NO2. The third-order valence-electron chi connectivity index (χ3n) is 3.59. The molecule has 0 amide bonds. The third-order valence-corrected chi connectivity index (χ3v) is 3.59. The van der Waals surface area contributed by atoms with Crippen molar-refractivity contribution in [2.45, 2.75) is 39.3 Å². The van der Waals surface area contributed by atoms with Crippen molar-refractivity contribution in [3.63, 3.8) is 0 Å². The van der Waals surface area contributed by atoms with Gasteiger partial charge in [-0.15, -0.1) is 0 Å². The summed E-state index contributed by atoms with van der Waals surface area (Å²) in [4.78, 5) is 12.6. The number of hydrogen-bond acceptors (Lipinski definition) is 3.